The molecule has 0 amide bonds. The van der Waals surface area contributed by atoms with Gasteiger partial charge in [0.2, 0.25) is 0 Å². The molecule has 0 saturated carbocycles. The van der Waals surface area contributed by atoms with Crippen LogP contribution in [-0.4, -0.2) is 5.51 Å². The van der Waals surface area contributed by atoms with Gasteiger partial charge in [-0.2, -0.15) is 26.3 Å². The van der Waals surface area contributed by atoms with Crippen LogP contribution in [0.15, 0.2) is 23.1 Å². The lowest BCUT2D eigenvalue weighted by molar-refractivity contribution is -0.137. The number of halogens is 6. The lowest BCUT2D eigenvalue weighted by Gasteiger charge is -2.08. The fourth-order valence-electron chi connectivity index (χ4n) is 0.784. The van der Waals surface area contributed by atoms with Gasteiger partial charge in [-0.25, -0.2) is 0 Å². The molecule has 0 saturated heterocycles. The van der Waals surface area contributed by atoms with Crippen LogP contribution in [0.4, 0.5) is 26.3 Å². The molecule has 0 atom stereocenters. The van der Waals surface area contributed by atoms with Crippen LogP contribution in [0.3, 0.4) is 0 Å². The van der Waals surface area contributed by atoms with Crippen LogP contribution in [0.2, 0.25) is 0 Å². The molecule has 0 unspecified atom stereocenters. The van der Waals surface area contributed by atoms with Crippen LogP contribution in [0.25, 0.3) is 0 Å². The van der Waals surface area contributed by atoms with E-state index in [0.29, 0.717) is 12.1 Å². The van der Waals surface area contributed by atoms with Gasteiger partial charge < -0.3 is 0 Å². The molecular weight excluding hydrogens is 242 g/mol. The van der Waals surface area contributed by atoms with Crippen molar-refractivity contribution in [1.82, 2.24) is 0 Å². The largest absolute Gasteiger partial charge is 0.446 e. The average molecular weight is 245 g/mol. The number of hydrogen-bond donors (Lipinski definition) is 0. The van der Waals surface area contributed by atoms with Gasteiger partial charge in [-0.15, -0.1) is 0 Å². The first-order chi connectivity index (χ1) is 6.68. The SMILES string of the molecule is FC(F)(F)Sc1c[c]c(C(F)(F)F)cc1. The minimum absolute atomic E-state index is 0.324. The monoisotopic (exact) mass is 245 g/mol. The van der Waals surface area contributed by atoms with Gasteiger partial charge in [0.25, 0.3) is 0 Å². The molecule has 7 heteroatoms. The van der Waals surface area contributed by atoms with Crippen molar-refractivity contribution >= 4 is 11.8 Å². The Kier molecular flexibility index (Phi) is 3.22. The highest BCUT2D eigenvalue weighted by atomic mass is 32.2. The molecule has 0 N–H and O–H groups in total. The molecular formula is C8H3F6S. The van der Waals surface area contributed by atoms with E-state index in [4.69, 9.17) is 0 Å². The Morgan fingerprint density at radius 1 is 1.00 bits per heavy atom. The number of benzene rings is 1. The maximum Gasteiger partial charge on any atom is 0.446 e. The van der Waals surface area contributed by atoms with E-state index in [-0.39, 0.29) is 4.90 Å². The van der Waals surface area contributed by atoms with Crippen LogP contribution in [-0.2, 0) is 6.18 Å². The van der Waals surface area contributed by atoms with E-state index in [0.717, 1.165) is 6.07 Å². The number of thioether (sulfide) groups is 1. The van der Waals surface area contributed by atoms with Crippen LogP contribution in [0.5, 0.6) is 0 Å². The van der Waals surface area contributed by atoms with E-state index in [1.165, 1.54) is 0 Å². The van der Waals surface area contributed by atoms with E-state index in [9.17, 15) is 26.3 Å². The molecule has 0 aliphatic heterocycles. The van der Waals surface area contributed by atoms with Gasteiger partial charge in [0, 0.05) is 4.90 Å². The Balaban J connectivity index is 2.82. The van der Waals surface area contributed by atoms with Gasteiger partial charge in [-0.05, 0) is 36.0 Å². The van der Waals surface area contributed by atoms with Gasteiger partial charge >= 0.3 is 11.7 Å². The molecule has 1 radical (unpaired) electrons. The zero-order valence-corrected chi connectivity index (χ0v) is 7.72. The van der Waals surface area contributed by atoms with Gasteiger partial charge in [0.05, 0.1) is 5.56 Å². The summed E-state index contributed by atoms with van der Waals surface area (Å²) in [7, 11) is 0. The third-order valence-corrected chi connectivity index (χ3v) is 2.04. The highest BCUT2D eigenvalue weighted by Gasteiger charge is 2.32. The molecule has 0 aromatic heterocycles. The molecule has 1 aromatic carbocycles. The summed E-state index contributed by atoms with van der Waals surface area (Å²) < 4.78 is 71.4. The van der Waals surface area contributed by atoms with E-state index in [1.807, 2.05) is 0 Å². The number of hydrogen-bond acceptors (Lipinski definition) is 1. The lowest BCUT2D eigenvalue weighted by Crippen LogP contribution is -2.05. The van der Waals surface area contributed by atoms with Crippen LogP contribution in [0.1, 0.15) is 5.56 Å². The first kappa shape index (κ1) is 12.2. The fourth-order valence-corrected chi connectivity index (χ4v) is 1.31. The normalized spacial score (nSPS) is 12.9. The van der Waals surface area contributed by atoms with E-state index in [2.05, 4.69) is 0 Å². The number of alkyl halides is 6. The molecule has 83 valence electrons. The van der Waals surface area contributed by atoms with E-state index >= 15 is 0 Å². The second kappa shape index (κ2) is 3.96. The van der Waals surface area contributed by atoms with E-state index in [1.54, 1.807) is 6.07 Å². The van der Waals surface area contributed by atoms with Crippen molar-refractivity contribution in [1.29, 1.82) is 0 Å². The van der Waals surface area contributed by atoms with Crippen molar-refractivity contribution in [3.8, 4) is 0 Å². The topological polar surface area (TPSA) is 0 Å². The van der Waals surface area contributed by atoms with Crippen molar-refractivity contribution in [3.05, 3.63) is 29.8 Å². The van der Waals surface area contributed by atoms with E-state index < -0.39 is 29.0 Å². The molecule has 0 bridgehead atoms. The van der Waals surface area contributed by atoms with Crippen LogP contribution < -0.4 is 0 Å². The second-order valence-corrected chi connectivity index (χ2v) is 3.62. The molecule has 1 aromatic rings. The average Bonchev–Trinajstić information content (AvgIpc) is 2.00. The molecule has 0 fully saturated rings. The van der Waals surface area contributed by atoms with Crippen molar-refractivity contribution in [2.24, 2.45) is 0 Å². The van der Waals surface area contributed by atoms with Crippen molar-refractivity contribution in [2.45, 2.75) is 16.6 Å². The third kappa shape index (κ3) is 4.03. The summed E-state index contributed by atoms with van der Waals surface area (Å²) in [5, 5.41) is 0. The van der Waals surface area contributed by atoms with Gasteiger partial charge in [-0.3, -0.25) is 0 Å². The Bertz CT molecular complexity index is 322. The molecule has 1 rings (SSSR count). The molecule has 0 nitrogen and oxygen atoms in total. The van der Waals surface area contributed by atoms with Crippen molar-refractivity contribution < 1.29 is 26.3 Å². The lowest BCUT2D eigenvalue weighted by atomic mass is 10.2. The van der Waals surface area contributed by atoms with Crippen molar-refractivity contribution in [3.63, 3.8) is 0 Å². The zero-order chi connectivity index (χ0) is 11.7. The molecule has 0 aliphatic carbocycles. The quantitative estimate of drug-likeness (QED) is 0.529. The summed E-state index contributed by atoms with van der Waals surface area (Å²) in [6.07, 6.45) is -4.58. The Morgan fingerprint density at radius 3 is 1.93 bits per heavy atom. The molecule has 0 spiro atoms. The van der Waals surface area contributed by atoms with Crippen LogP contribution in [0, 0.1) is 6.07 Å². The summed E-state index contributed by atoms with van der Waals surface area (Å²) in [6.45, 7) is 0. The molecule has 0 heterocycles. The predicted molar refractivity (Wildman–Crippen MR) is 42.2 cm³/mol. The standard InChI is InChI=1S/C8H3F6S/c9-7(10,11)5-1-3-6(4-2-5)15-8(12,13)14/h1,3-4H. The highest BCUT2D eigenvalue weighted by Crippen LogP contribution is 2.38. The maximum absolute atomic E-state index is 12.0. The first-order valence-corrected chi connectivity index (χ1v) is 4.35. The summed E-state index contributed by atoms with van der Waals surface area (Å²) in [5.74, 6) is 0. The Labute approximate surface area is 85.3 Å². The van der Waals surface area contributed by atoms with Gasteiger partial charge in [0.15, 0.2) is 0 Å². The predicted octanol–water partition coefficient (Wildman–Crippen LogP) is 4.12. The second-order valence-electron chi connectivity index (χ2n) is 2.48. The zero-order valence-electron chi connectivity index (χ0n) is 6.91. The smallest absolute Gasteiger partial charge is 0.166 e. The minimum Gasteiger partial charge on any atom is -0.166 e. The third-order valence-electron chi connectivity index (χ3n) is 1.32. The van der Waals surface area contributed by atoms with Gasteiger partial charge in [0.1, 0.15) is 0 Å². The maximum atomic E-state index is 12.0. The van der Waals surface area contributed by atoms with Gasteiger partial charge in [-0.1, -0.05) is 0 Å². The fraction of sp³-hybridized carbons (Fsp3) is 0.250. The molecule has 15 heavy (non-hydrogen) atoms. The minimum atomic E-state index is -4.58. The van der Waals surface area contributed by atoms with Crippen molar-refractivity contribution in [2.75, 3.05) is 0 Å². The first-order valence-electron chi connectivity index (χ1n) is 3.53. The van der Waals surface area contributed by atoms with Crippen LogP contribution >= 0.6 is 11.8 Å². The Hall–Kier alpha value is -0.850. The Morgan fingerprint density at radius 2 is 1.60 bits per heavy atom. The highest BCUT2D eigenvalue weighted by molar-refractivity contribution is 8.00. The summed E-state index contributed by atoms with van der Waals surface area (Å²) in [5.41, 5.74) is -5.60. The number of rotatable bonds is 1. The summed E-state index contributed by atoms with van der Waals surface area (Å²) in [4.78, 5) is -0.324. The molecule has 0 aliphatic rings. The summed E-state index contributed by atoms with van der Waals surface area (Å²) >= 11 is -0.479. The summed E-state index contributed by atoms with van der Waals surface area (Å²) in [6, 6.07) is 3.75.